The maximum atomic E-state index is 0. The van der Waals surface area contributed by atoms with E-state index in [0.717, 1.165) is 0 Å². The van der Waals surface area contributed by atoms with E-state index in [1.165, 1.54) is 0 Å². The monoisotopic (exact) mass is 120 g/mol. The Morgan fingerprint density at radius 2 is 1.00 bits per heavy atom. The van der Waals surface area contributed by atoms with E-state index in [-0.39, 0.29) is 113 Å². The van der Waals surface area contributed by atoms with Crippen LogP contribution in [0.1, 0.15) is 13.1 Å². The first-order valence-corrected chi connectivity index (χ1v) is 0. The Morgan fingerprint density at radius 1 is 1.00 bits per heavy atom. The first kappa shape index (κ1) is 40.6. The third-order valence-electron chi connectivity index (χ3n) is 0. The predicted molar refractivity (Wildman–Crippen MR) is 26.9 cm³/mol. The molecule has 5 heavy (non-hydrogen) atoms. The van der Waals surface area contributed by atoms with Crippen LogP contribution in [-0.2, 0) is 0 Å². The summed E-state index contributed by atoms with van der Waals surface area (Å²) in [5.41, 5.74) is 0. The van der Waals surface area contributed by atoms with Crippen LogP contribution in [0.25, 0.3) is 0 Å². The molecule has 0 heterocycles. The van der Waals surface area contributed by atoms with Crippen molar-refractivity contribution in [3.8, 4) is 0 Å². The van der Waals surface area contributed by atoms with Crippen LogP contribution in [0.2, 0.25) is 0 Å². The maximum Gasteiger partial charge on any atom is 2.00 e. The Labute approximate surface area is 111 Å². The fourth-order valence-corrected chi connectivity index (χ4v) is 0. The summed E-state index contributed by atoms with van der Waals surface area (Å²) in [4.78, 5) is 0. The van der Waals surface area contributed by atoms with E-state index < -0.39 is 0 Å². The van der Waals surface area contributed by atoms with Crippen LogP contribution < -0.4 is 59.1 Å². The predicted octanol–water partition coefficient (Wildman–Crippen LogP) is -6.47. The summed E-state index contributed by atoms with van der Waals surface area (Å²) < 4.78 is 0. The van der Waals surface area contributed by atoms with Crippen molar-refractivity contribution < 1.29 is 64.8 Å². The Bertz CT molecular complexity index is 18.5. The van der Waals surface area contributed by atoms with Gasteiger partial charge in [0.25, 0.3) is 0 Å². The Morgan fingerprint density at radius 3 is 1.00 bits per heavy atom. The van der Waals surface area contributed by atoms with Crippen LogP contribution >= 0.6 is 0 Å². The molecule has 22 valence electrons. The quantitative estimate of drug-likeness (QED) is 0.279. The van der Waals surface area contributed by atoms with Crippen LogP contribution in [0, 0.1) is 0 Å². The molecule has 0 rings (SSSR count). The second kappa shape index (κ2) is 26.6. The molecule has 0 aromatic heterocycles. The van der Waals surface area contributed by atoms with Crippen molar-refractivity contribution in [2.75, 3.05) is 0 Å². The number of hydrogen-bond donors (Lipinski definition) is 0. The molecular formula is CH11AlMgNa2. The van der Waals surface area contributed by atoms with Gasteiger partial charge >= 0.3 is 82.2 Å². The van der Waals surface area contributed by atoms with E-state index >= 15 is 0 Å². The molecule has 0 unspecified atom stereocenters. The smallest absolute Gasteiger partial charge is 1.00 e. The second-order valence-corrected chi connectivity index (χ2v) is 0. The zero-order valence-electron chi connectivity index (χ0n) is 6.71. The second-order valence-electron chi connectivity index (χ2n) is 0. The molecule has 0 aromatic carbocycles. The van der Waals surface area contributed by atoms with E-state index in [9.17, 15) is 0 Å². The SMILES string of the molecule is C.[AlH3].[H-].[H-].[H-].[H-].[Mg+2].[Na+].[Na+]. The van der Waals surface area contributed by atoms with Crippen molar-refractivity contribution in [2.24, 2.45) is 0 Å². The number of rotatable bonds is 0. The van der Waals surface area contributed by atoms with E-state index in [0.29, 0.717) is 0 Å². The Kier molecular flexibility index (Phi) is 216. The first-order valence-electron chi connectivity index (χ1n) is 0. The fourth-order valence-electron chi connectivity index (χ4n) is 0. The van der Waals surface area contributed by atoms with Crippen LogP contribution in [0.15, 0.2) is 0 Å². The summed E-state index contributed by atoms with van der Waals surface area (Å²) in [5.74, 6) is 0. The van der Waals surface area contributed by atoms with Gasteiger partial charge in [-0.15, -0.1) is 0 Å². The minimum absolute atomic E-state index is 0. The average Bonchev–Trinajstić information content (AvgIpc) is 0. The van der Waals surface area contributed by atoms with Crippen molar-refractivity contribution in [3.63, 3.8) is 0 Å². The molecule has 0 aliphatic rings. The largest absolute Gasteiger partial charge is 2.00 e. The minimum atomic E-state index is 0. The van der Waals surface area contributed by atoms with Gasteiger partial charge in [0.2, 0.25) is 0 Å². The topological polar surface area (TPSA) is 0 Å². The van der Waals surface area contributed by atoms with Crippen LogP contribution in [0.3, 0.4) is 0 Å². The molecule has 0 saturated heterocycles. The summed E-state index contributed by atoms with van der Waals surface area (Å²) in [6, 6.07) is 0. The van der Waals surface area contributed by atoms with E-state index in [4.69, 9.17) is 0 Å². The third-order valence-corrected chi connectivity index (χ3v) is 0. The van der Waals surface area contributed by atoms with Gasteiger partial charge in [-0.05, 0) is 0 Å². The van der Waals surface area contributed by atoms with Crippen LogP contribution in [0.4, 0.5) is 0 Å². The minimum Gasteiger partial charge on any atom is -1.00 e. The molecule has 0 spiro atoms. The van der Waals surface area contributed by atoms with E-state index in [2.05, 4.69) is 0 Å². The zero-order chi connectivity index (χ0) is 0. The molecule has 0 amide bonds. The normalized spacial score (nSPS) is 0. The van der Waals surface area contributed by atoms with Crippen molar-refractivity contribution in [1.82, 2.24) is 0 Å². The summed E-state index contributed by atoms with van der Waals surface area (Å²) in [6.45, 7) is 0. The molecule has 0 nitrogen and oxygen atoms in total. The molecule has 0 atom stereocenters. The molecule has 0 saturated carbocycles. The van der Waals surface area contributed by atoms with E-state index in [1.54, 1.807) is 0 Å². The van der Waals surface area contributed by atoms with Crippen molar-refractivity contribution in [3.05, 3.63) is 0 Å². The van der Waals surface area contributed by atoms with Crippen molar-refractivity contribution in [1.29, 1.82) is 0 Å². The standard InChI is InChI=1S/CH4.Al.Mg.2Na.7H/h1H4;;;;;;;;;;;/q;;+2;2*+1;;;;4*-1. The molecule has 0 aliphatic heterocycles. The summed E-state index contributed by atoms with van der Waals surface area (Å²) in [7, 11) is 0. The molecule has 0 radical (unpaired) electrons. The summed E-state index contributed by atoms with van der Waals surface area (Å²) in [6.07, 6.45) is 0. The molecule has 0 fully saturated rings. The molecule has 0 bridgehead atoms. The molecule has 0 N–H and O–H groups in total. The van der Waals surface area contributed by atoms with Crippen LogP contribution in [-0.4, -0.2) is 40.4 Å². The van der Waals surface area contributed by atoms with Gasteiger partial charge in [-0.3, -0.25) is 0 Å². The Balaban J connectivity index is 0. The summed E-state index contributed by atoms with van der Waals surface area (Å²) in [5, 5.41) is 0. The van der Waals surface area contributed by atoms with Gasteiger partial charge < -0.3 is 5.71 Å². The van der Waals surface area contributed by atoms with Gasteiger partial charge in [0.15, 0.2) is 17.4 Å². The first-order chi connectivity index (χ1) is 0. The number of hydrogen-bond acceptors (Lipinski definition) is 0. The average molecular weight is 120 g/mol. The van der Waals surface area contributed by atoms with Gasteiger partial charge in [0.05, 0.1) is 0 Å². The Hall–Kier alpha value is 3.30. The van der Waals surface area contributed by atoms with Crippen LogP contribution in [0.5, 0.6) is 0 Å². The van der Waals surface area contributed by atoms with Crippen molar-refractivity contribution >= 4 is 40.4 Å². The van der Waals surface area contributed by atoms with Gasteiger partial charge in [-0.25, -0.2) is 0 Å². The van der Waals surface area contributed by atoms with Gasteiger partial charge in [0, 0.05) is 0 Å². The molecule has 0 aliphatic carbocycles. The fraction of sp³-hybridized carbons (Fsp3) is 1.00. The van der Waals surface area contributed by atoms with Crippen molar-refractivity contribution in [2.45, 2.75) is 7.43 Å². The van der Waals surface area contributed by atoms with E-state index in [1.807, 2.05) is 0 Å². The van der Waals surface area contributed by atoms with Gasteiger partial charge in [-0.2, -0.15) is 0 Å². The third kappa shape index (κ3) is 18.8. The maximum absolute atomic E-state index is 0. The molecule has 4 heteroatoms. The van der Waals surface area contributed by atoms with Gasteiger partial charge in [-0.1, -0.05) is 7.43 Å². The van der Waals surface area contributed by atoms with Gasteiger partial charge in [0.1, 0.15) is 0 Å². The molecule has 0 aromatic rings. The zero-order valence-corrected chi connectivity index (χ0v) is 8.12. The summed E-state index contributed by atoms with van der Waals surface area (Å²) >= 11 is 0. The molecular weight excluding hydrogens is 109 g/mol.